The van der Waals surface area contributed by atoms with E-state index in [4.69, 9.17) is 4.43 Å². The van der Waals surface area contributed by atoms with Gasteiger partial charge >= 0.3 is 0 Å². The Hall–Kier alpha value is 0.177. The molecule has 1 atom stereocenters. The van der Waals surface area contributed by atoms with Crippen LogP contribution in [-0.2, 0) is 4.43 Å². The van der Waals surface area contributed by atoms with Gasteiger partial charge in [0, 0.05) is 0 Å². The molecule has 0 aromatic rings. The second-order valence-corrected chi connectivity index (χ2v) is 9.37. The van der Waals surface area contributed by atoms with Gasteiger partial charge in [-0.15, -0.1) is 0 Å². The van der Waals surface area contributed by atoms with Gasteiger partial charge in [-0.25, -0.2) is 0 Å². The summed E-state index contributed by atoms with van der Waals surface area (Å²) in [5.41, 5.74) is 0.486. The Morgan fingerprint density at radius 1 is 1.30 bits per heavy atom. The Labute approximate surface area is 64.9 Å². The molecule has 0 aliphatic heterocycles. The Kier molecular flexibility index (Phi) is 1.72. The molecular weight excluding hydrogens is 140 g/mol. The largest absolute Gasteiger partial charge is 0.414 e. The van der Waals surface area contributed by atoms with E-state index in [0.29, 0.717) is 11.5 Å². The first kappa shape index (κ1) is 8.28. The standard InChI is InChI=1S/C8H18OSi/c1-8(2)6-7(8)9-10(3,4)5/h7H,6H2,1-5H3. The van der Waals surface area contributed by atoms with E-state index in [0.717, 1.165) is 0 Å². The smallest absolute Gasteiger partial charge is 0.184 e. The summed E-state index contributed by atoms with van der Waals surface area (Å²) in [4.78, 5) is 0. The molecule has 0 heterocycles. The molecule has 1 aliphatic rings. The maximum Gasteiger partial charge on any atom is 0.184 e. The summed E-state index contributed by atoms with van der Waals surface area (Å²) in [7, 11) is -1.25. The Balaban J connectivity index is 2.31. The van der Waals surface area contributed by atoms with Gasteiger partial charge in [0.1, 0.15) is 0 Å². The van der Waals surface area contributed by atoms with Crippen LogP contribution < -0.4 is 0 Å². The number of hydrogen-bond donors (Lipinski definition) is 0. The van der Waals surface area contributed by atoms with Crippen LogP contribution in [0.3, 0.4) is 0 Å². The highest BCUT2D eigenvalue weighted by Gasteiger charge is 2.48. The van der Waals surface area contributed by atoms with Crippen LogP contribution in [0.4, 0.5) is 0 Å². The minimum Gasteiger partial charge on any atom is -0.414 e. The highest BCUT2D eigenvalue weighted by atomic mass is 28.4. The first-order valence-corrected chi connectivity index (χ1v) is 7.40. The van der Waals surface area contributed by atoms with Crippen molar-refractivity contribution in [3.05, 3.63) is 0 Å². The Morgan fingerprint density at radius 2 is 1.70 bits per heavy atom. The van der Waals surface area contributed by atoms with E-state index in [-0.39, 0.29) is 0 Å². The van der Waals surface area contributed by atoms with E-state index >= 15 is 0 Å². The third-order valence-electron chi connectivity index (χ3n) is 1.92. The SMILES string of the molecule is CC1(C)CC1O[Si](C)(C)C. The second-order valence-electron chi connectivity index (χ2n) is 4.91. The van der Waals surface area contributed by atoms with E-state index in [1.54, 1.807) is 0 Å². The zero-order chi connectivity index (χ0) is 7.99. The van der Waals surface area contributed by atoms with Gasteiger partial charge < -0.3 is 4.43 Å². The summed E-state index contributed by atoms with van der Waals surface area (Å²) in [5, 5.41) is 0. The number of hydrogen-bond acceptors (Lipinski definition) is 1. The van der Waals surface area contributed by atoms with E-state index < -0.39 is 8.32 Å². The third-order valence-corrected chi connectivity index (χ3v) is 2.91. The van der Waals surface area contributed by atoms with Crippen molar-refractivity contribution in [3.63, 3.8) is 0 Å². The molecule has 10 heavy (non-hydrogen) atoms. The van der Waals surface area contributed by atoms with Crippen LogP contribution in [-0.4, -0.2) is 14.4 Å². The molecule has 0 N–H and O–H groups in total. The minimum atomic E-state index is -1.25. The predicted molar refractivity (Wildman–Crippen MR) is 46.6 cm³/mol. The van der Waals surface area contributed by atoms with Gasteiger partial charge in [0.15, 0.2) is 8.32 Å². The molecule has 1 unspecified atom stereocenters. The molecular formula is C8H18OSi. The molecule has 2 heteroatoms. The molecule has 1 saturated carbocycles. The summed E-state index contributed by atoms with van der Waals surface area (Å²) in [6, 6.07) is 0. The Morgan fingerprint density at radius 3 is 1.80 bits per heavy atom. The van der Waals surface area contributed by atoms with Crippen molar-refractivity contribution in [1.29, 1.82) is 0 Å². The maximum absolute atomic E-state index is 5.90. The topological polar surface area (TPSA) is 9.23 Å². The molecule has 1 rings (SSSR count). The summed E-state index contributed by atoms with van der Waals surface area (Å²) in [5.74, 6) is 0. The van der Waals surface area contributed by atoms with Crippen molar-refractivity contribution < 1.29 is 4.43 Å². The molecule has 1 nitrogen and oxygen atoms in total. The lowest BCUT2D eigenvalue weighted by molar-refractivity contribution is 0.253. The fourth-order valence-electron chi connectivity index (χ4n) is 1.05. The molecule has 0 amide bonds. The van der Waals surface area contributed by atoms with Crippen LogP contribution in [0.5, 0.6) is 0 Å². The maximum atomic E-state index is 5.90. The van der Waals surface area contributed by atoms with Crippen LogP contribution in [0.2, 0.25) is 19.6 Å². The van der Waals surface area contributed by atoms with Crippen molar-refractivity contribution in [2.45, 2.75) is 46.0 Å². The van der Waals surface area contributed by atoms with E-state index in [9.17, 15) is 0 Å². The van der Waals surface area contributed by atoms with E-state index in [2.05, 4.69) is 33.5 Å². The van der Waals surface area contributed by atoms with Crippen molar-refractivity contribution >= 4 is 8.32 Å². The lowest BCUT2D eigenvalue weighted by Crippen LogP contribution is -2.27. The number of rotatable bonds is 2. The molecule has 0 radical (unpaired) electrons. The average Bonchev–Trinajstić information content (AvgIpc) is 2.05. The quantitative estimate of drug-likeness (QED) is 0.561. The van der Waals surface area contributed by atoms with Crippen LogP contribution in [0.15, 0.2) is 0 Å². The van der Waals surface area contributed by atoms with Crippen LogP contribution in [0.25, 0.3) is 0 Å². The van der Waals surface area contributed by atoms with Gasteiger partial charge in [-0.3, -0.25) is 0 Å². The first-order valence-electron chi connectivity index (χ1n) is 3.99. The third kappa shape index (κ3) is 2.10. The monoisotopic (exact) mass is 158 g/mol. The lowest BCUT2D eigenvalue weighted by atomic mass is 10.2. The van der Waals surface area contributed by atoms with E-state index in [1.807, 2.05) is 0 Å². The Bertz CT molecular complexity index is 135. The van der Waals surface area contributed by atoms with Crippen molar-refractivity contribution in [1.82, 2.24) is 0 Å². The highest BCUT2D eigenvalue weighted by molar-refractivity contribution is 6.69. The van der Waals surface area contributed by atoms with Gasteiger partial charge in [0.25, 0.3) is 0 Å². The summed E-state index contributed by atoms with van der Waals surface area (Å²) >= 11 is 0. The fourth-order valence-corrected chi connectivity index (χ4v) is 2.30. The molecule has 0 spiro atoms. The van der Waals surface area contributed by atoms with Crippen LogP contribution in [0.1, 0.15) is 20.3 Å². The van der Waals surface area contributed by atoms with E-state index in [1.165, 1.54) is 6.42 Å². The fraction of sp³-hybridized carbons (Fsp3) is 1.00. The summed E-state index contributed by atoms with van der Waals surface area (Å²) in [6.45, 7) is 11.3. The molecule has 60 valence electrons. The van der Waals surface area contributed by atoms with Gasteiger partial charge in [-0.1, -0.05) is 13.8 Å². The zero-order valence-corrected chi connectivity index (χ0v) is 8.69. The predicted octanol–water partition coefficient (Wildman–Crippen LogP) is 2.64. The van der Waals surface area contributed by atoms with Gasteiger partial charge in [0.2, 0.25) is 0 Å². The van der Waals surface area contributed by atoms with Crippen LogP contribution >= 0.6 is 0 Å². The van der Waals surface area contributed by atoms with Crippen molar-refractivity contribution in [2.24, 2.45) is 5.41 Å². The normalized spacial score (nSPS) is 30.3. The zero-order valence-electron chi connectivity index (χ0n) is 7.69. The van der Waals surface area contributed by atoms with Crippen molar-refractivity contribution in [2.75, 3.05) is 0 Å². The average molecular weight is 158 g/mol. The van der Waals surface area contributed by atoms with Gasteiger partial charge in [0.05, 0.1) is 6.10 Å². The molecule has 0 bridgehead atoms. The lowest BCUT2D eigenvalue weighted by Gasteiger charge is -2.18. The molecule has 0 aromatic carbocycles. The summed E-state index contributed by atoms with van der Waals surface area (Å²) < 4.78 is 5.90. The van der Waals surface area contributed by atoms with Gasteiger partial charge in [-0.2, -0.15) is 0 Å². The molecule has 0 aromatic heterocycles. The summed E-state index contributed by atoms with van der Waals surface area (Å²) in [6.07, 6.45) is 1.83. The molecule has 1 aliphatic carbocycles. The molecule has 0 saturated heterocycles. The second kappa shape index (κ2) is 2.08. The van der Waals surface area contributed by atoms with Crippen molar-refractivity contribution in [3.8, 4) is 0 Å². The highest BCUT2D eigenvalue weighted by Crippen LogP contribution is 2.48. The van der Waals surface area contributed by atoms with Gasteiger partial charge in [-0.05, 0) is 31.5 Å². The first-order chi connectivity index (χ1) is 4.31. The molecule has 1 fully saturated rings. The van der Waals surface area contributed by atoms with Crippen LogP contribution in [0, 0.1) is 5.41 Å². The minimum absolute atomic E-state index is 0.486.